The number of nitrogens with zero attached hydrogens (tertiary/aromatic N) is 1. The molecule has 2 aromatic heterocycles. The molecule has 5 heteroatoms. The van der Waals surface area contributed by atoms with Gasteiger partial charge in [0.25, 0.3) is 5.91 Å². The summed E-state index contributed by atoms with van der Waals surface area (Å²) in [6.45, 7) is 0.658. The number of hydrogen-bond donors (Lipinski definition) is 2. The fourth-order valence-electron chi connectivity index (χ4n) is 2.18. The van der Waals surface area contributed by atoms with Crippen LogP contribution < -0.4 is 11.1 Å². The third-order valence-electron chi connectivity index (χ3n) is 3.32. The van der Waals surface area contributed by atoms with E-state index in [1.165, 1.54) is 5.56 Å². The molecule has 0 saturated heterocycles. The van der Waals surface area contributed by atoms with Crippen LogP contribution in [0.2, 0.25) is 0 Å². The van der Waals surface area contributed by atoms with Gasteiger partial charge in [-0.1, -0.05) is 0 Å². The Labute approximate surface area is 116 Å². The molecule has 0 aliphatic heterocycles. The molecule has 0 radical (unpaired) electrons. The van der Waals surface area contributed by atoms with Gasteiger partial charge in [-0.25, -0.2) is 0 Å². The number of nitrogens with two attached hydrogens (primary N) is 1. The van der Waals surface area contributed by atoms with Gasteiger partial charge >= 0.3 is 0 Å². The zero-order chi connectivity index (χ0) is 13.2. The smallest absolute Gasteiger partial charge is 0.268 e. The summed E-state index contributed by atoms with van der Waals surface area (Å²) in [5.74, 6) is -0.0289. The molecule has 3 N–H and O–H groups in total. The molecule has 19 heavy (non-hydrogen) atoms. The second-order valence-corrected chi connectivity index (χ2v) is 5.71. The van der Waals surface area contributed by atoms with Crippen molar-refractivity contribution >= 4 is 22.9 Å². The van der Waals surface area contributed by atoms with E-state index >= 15 is 0 Å². The average molecular weight is 275 g/mol. The van der Waals surface area contributed by atoms with Gasteiger partial charge in [-0.05, 0) is 47.7 Å². The van der Waals surface area contributed by atoms with Crippen molar-refractivity contribution in [3.05, 3.63) is 40.3 Å². The predicted molar refractivity (Wildman–Crippen MR) is 77.5 cm³/mol. The lowest BCUT2D eigenvalue weighted by atomic mass is 10.2. The van der Waals surface area contributed by atoms with Crippen molar-refractivity contribution in [1.82, 2.24) is 9.88 Å². The lowest BCUT2D eigenvalue weighted by Crippen LogP contribution is -2.27. The van der Waals surface area contributed by atoms with Gasteiger partial charge in [0.1, 0.15) is 5.69 Å². The first kappa shape index (κ1) is 12.3. The van der Waals surface area contributed by atoms with E-state index < -0.39 is 0 Å². The van der Waals surface area contributed by atoms with Crippen LogP contribution in [0.5, 0.6) is 0 Å². The minimum absolute atomic E-state index is 0.0289. The van der Waals surface area contributed by atoms with Crippen LogP contribution in [-0.4, -0.2) is 17.0 Å². The van der Waals surface area contributed by atoms with Crippen molar-refractivity contribution in [1.29, 1.82) is 0 Å². The van der Waals surface area contributed by atoms with Gasteiger partial charge in [-0.15, -0.1) is 0 Å². The molecular formula is C14H17N3OS. The Morgan fingerprint density at radius 1 is 1.53 bits per heavy atom. The molecule has 0 atom stereocenters. The number of carbonyl (C=O) groups is 1. The molecule has 0 aromatic carbocycles. The van der Waals surface area contributed by atoms with E-state index in [1.54, 1.807) is 17.4 Å². The molecule has 0 unspecified atom stereocenters. The number of aromatic nitrogens is 1. The van der Waals surface area contributed by atoms with Crippen molar-refractivity contribution in [3.63, 3.8) is 0 Å². The molecule has 1 saturated carbocycles. The number of nitrogens with one attached hydrogen (secondary N) is 1. The molecule has 1 aliphatic rings. The van der Waals surface area contributed by atoms with Crippen molar-refractivity contribution in [2.45, 2.75) is 25.3 Å². The van der Waals surface area contributed by atoms with Gasteiger partial charge in [0.2, 0.25) is 0 Å². The van der Waals surface area contributed by atoms with E-state index in [9.17, 15) is 4.79 Å². The SMILES string of the molecule is Nc1cc(C(=O)NCCc2ccsc2)n(C2CC2)c1. The monoisotopic (exact) mass is 275 g/mol. The predicted octanol–water partition coefficient (Wildman–Crippen LogP) is 2.44. The summed E-state index contributed by atoms with van der Waals surface area (Å²) in [4.78, 5) is 12.2. The summed E-state index contributed by atoms with van der Waals surface area (Å²) >= 11 is 1.68. The Bertz CT molecular complexity index is 570. The van der Waals surface area contributed by atoms with Crippen LogP contribution >= 0.6 is 11.3 Å². The van der Waals surface area contributed by atoms with E-state index in [0.29, 0.717) is 24.0 Å². The number of nitrogen functional groups attached to an aromatic ring is 1. The topological polar surface area (TPSA) is 60.1 Å². The van der Waals surface area contributed by atoms with Crippen LogP contribution in [0.15, 0.2) is 29.1 Å². The van der Waals surface area contributed by atoms with Gasteiger partial charge < -0.3 is 15.6 Å². The maximum atomic E-state index is 12.2. The normalized spacial score (nSPS) is 14.5. The highest BCUT2D eigenvalue weighted by atomic mass is 32.1. The zero-order valence-electron chi connectivity index (χ0n) is 10.6. The minimum Gasteiger partial charge on any atom is -0.397 e. The molecule has 100 valence electrons. The Hall–Kier alpha value is -1.75. The third-order valence-corrected chi connectivity index (χ3v) is 4.05. The first-order valence-corrected chi connectivity index (χ1v) is 7.45. The Morgan fingerprint density at radius 2 is 2.37 bits per heavy atom. The van der Waals surface area contributed by atoms with Gasteiger partial charge in [0.15, 0.2) is 0 Å². The number of anilines is 1. The number of thiophene rings is 1. The number of rotatable bonds is 5. The quantitative estimate of drug-likeness (QED) is 0.880. The summed E-state index contributed by atoms with van der Waals surface area (Å²) in [6.07, 6.45) is 5.02. The minimum atomic E-state index is -0.0289. The number of amides is 1. The zero-order valence-corrected chi connectivity index (χ0v) is 11.5. The van der Waals surface area contributed by atoms with Crippen molar-refractivity contribution < 1.29 is 4.79 Å². The van der Waals surface area contributed by atoms with Gasteiger partial charge in [-0.3, -0.25) is 4.79 Å². The largest absolute Gasteiger partial charge is 0.397 e. The van der Waals surface area contributed by atoms with E-state index in [1.807, 2.05) is 10.8 Å². The second-order valence-electron chi connectivity index (χ2n) is 4.93. The number of hydrogen-bond acceptors (Lipinski definition) is 3. The van der Waals surface area contributed by atoms with Gasteiger partial charge in [0.05, 0.1) is 5.69 Å². The molecule has 1 amide bonds. The van der Waals surface area contributed by atoms with Crippen LogP contribution in [0, 0.1) is 0 Å². The fraction of sp³-hybridized carbons (Fsp3) is 0.357. The highest BCUT2D eigenvalue weighted by Gasteiger charge is 2.27. The summed E-state index contributed by atoms with van der Waals surface area (Å²) in [5.41, 5.74) is 8.40. The van der Waals surface area contributed by atoms with Crippen molar-refractivity contribution in [3.8, 4) is 0 Å². The highest BCUT2D eigenvalue weighted by Crippen LogP contribution is 2.37. The molecular weight excluding hydrogens is 258 g/mol. The molecule has 0 bridgehead atoms. The average Bonchev–Trinajstić information content (AvgIpc) is 2.96. The molecule has 2 heterocycles. The molecule has 2 aromatic rings. The van der Waals surface area contributed by atoms with Crippen molar-refractivity contribution in [2.75, 3.05) is 12.3 Å². The molecule has 4 nitrogen and oxygen atoms in total. The lowest BCUT2D eigenvalue weighted by Gasteiger charge is -2.08. The van der Waals surface area contributed by atoms with Crippen molar-refractivity contribution in [2.24, 2.45) is 0 Å². The second kappa shape index (κ2) is 5.09. The molecule has 3 rings (SSSR count). The molecule has 1 aliphatic carbocycles. The van der Waals surface area contributed by atoms with E-state index in [0.717, 1.165) is 19.3 Å². The molecule has 0 spiro atoms. The maximum Gasteiger partial charge on any atom is 0.268 e. The van der Waals surface area contributed by atoms with Crippen LogP contribution in [-0.2, 0) is 6.42 Å². The van der Waals surface area contributed by atoms with Crippen LogP contribution in [0.4, 0.5) is 5.69 Å². The Kier molecular flexibility index (Phi) is 3.29. The first-order valence-electron chi connectivity index (χ1n) is 6.50. The summed E-state index contributed by atoms with van der Waals surface area (Å²) < 4.78 is 2.01. The van der Waals surface area contributed by atoms with Crippen LogP contribution in [0.1, 0.15) is 34.9 Å². The number of carbonyl (C=O) groups excluding carboxylic acids is 1. The standard InChI is InChI=1S/C14H17N3OS/c15-11-7-13(17(8-11)12-1-2-12)14(18)16-5-3-10-4-6-19-9-10/h4,6-9,12H,1-3,5,15H2,(H,16,18). The van der Waals surface area contributed by atoms with Gasteiger partial charge in [-0.2, -0.15) is 11.3 Å². The lowest BCUT2D eigenvalue weighted by molar-refractivity contribution is 0.0944. The molecule has 1 fully saturated rings. The summed E-state index contributed by atoms with van der Waals surface area (Å²) in [6, 6.07) is 4.31. The Balaban J connectivity index is 1.60. The summed E-state index contributed by atoms with van der Waals surface area (Å²) in [5, 5.41) is 7.12. The third kappa shape index (κ3) is 2.81. The van der Waals surface area contributed by atoms with E-state index in [-0.39, 0.29) is 5.91 Å². The highest BCUT2D eigenvalue weighted by molar-refractivity contribution is 7.07. The maximum absolute atomic E-state index is 12.2. The first-order chi connectivity index (χ1) is 9.24. The van der Waals surface area contributed by atoms with Crippen LogP contribution in [0.25, 0.3) is 0 Å². The fourth-order valence-corrected chi connectivity index (χ4v) is 2.89. The Morgan fingerprint density at radius 3 is 3.05 bits per heavy atom. The summed E-state index contributed by atoms with van der Waals surface area (Å²) in [7, 11) is 0. The van der Waals surface area contributed by atoms with Gasteiger partial charge in [0, 0.05) is 18.8 Å². The van der Waals surface area contributed by atoms with Crippen LogP contribution in [0.3, 0.4) is 0 Å². The van der Waals surface area contributed by atoms with E-state index in [2.05, 4.69) is 22.1 Å². The van der Waals surface area contributed by atoms with E-state index in [4.69, 9.17) is 5.73 Å².